The highest BCUT2D eigenvalue weighted by Crippen LogP contribution is 2.34. The molecule has 0 spiro atoms. The van der Waals surface area contributed by atoms with Crippen molar-refractivity contribution in [2.75, 3.05) is 64.5 Å². The van der Waals surface area contributed by atoms with E-state index in [0.29, 0.717) is 30.0 Å². The molecule has 1 aromatic carbocycles. The predicted molar refractivity (Wildman–Crippen MR) is 132 cm³/mol. The van der Waals surface area contributed by atoms with Gasteiger partial charge in [-0.05, 0) is 56.7 Å². The highest BCUT2D eigenvalue weighted by Gasteiger charge is 2.37. The third-order valence-corrected chi connectivity index (χ3v) is 7.39. The Morgan fingerprint density at radius 3 is 2.82 bits per heavy atom. The van der Waals surface area contributed by atoms with Crippen LogP contribution < -0.4 is 20.3 Å². The van der Waals surface area contributed by atoms with Crippen molar-refractivity contribution in [3.63, 3.8) is 0 Å². The van der Waals surface area contributed by atoms with Crippen molar-refractivity contribution in [2.45, 2.75) is 25.9 Å². The molecule has 3 fully saturated rings. The van der Waals surface area contributed by atoms with Gasteiger partial charge in [-0.25, -0.2) is 9.97 Å². The van der Waals surface area contributed by atoms with Crippen molar-refractivity contribution in [1.82, 2.24) is 20.6 Å². The Bertz CT molecular complexity index is 969. The molecule has 1 aromatic heterocycles. The molecule has 0 aliphatic carbocycles. The second-order valence-corrected chi connectivity index (χ2v) is 10.0. The van der Waals surface area contributed by atoms with Crippen LogP contribution in [0.5, 0.6) is 5.75 Å². The van der Waals surface area contributed by atoms with Gasteiger partial charge in [0.15, 0.2) is 5.82 Å². The number of benzene rings is 1. The number of fused-ring (bicyclic) bond motifs is 1. The maximum absolute atomic E-state index is 9.99. The van der Waals surface area contributed by atoms with E-state index < -0.39 is 6.10 Å². The van der Waals surface area contributed by atoms with Crippen LogP contribution in [0, 0.1) is 24.7 Å². The Kier molecular flexibility index (Phi) is 7.29. The molecular formula is C26H37N5O3. The zero-order valence-corrected chi connectivity index (χ0v) is 20.3. The number of aliphatic hydroxyl groups excluding tert-OH is 1. The fourth-order valence-electron chi connectivity index (χ4n) is 5.44. The van der Waals surface area contributed by atoms with Gasteiger partial charge < -0.3 is 30.1 Å². The minimum Gasteiger partial charge on any atom is -0.491 e. The van der Waals surface area contributed by atoms with Gasteiger partial charge in [-0.2, -0.15) is 0 Å². The first-order valence-electron chi connectivity index (χ1n) is 12.6. The summed E-state index contributed by atoms with van der Waals surface area (Å²) in [4.78, 5) is 12.6. The first-order chi connectivity index (χ1) is 16.6. The van der Waals surface area contributed by atoms with E-state index >= 15 is 0 Å². The summed E-state index contributed by atoms with van der Waals surface area (Å²) in [6.45, 7) is 8.86. The second kappa shape index (κ2) is 10.6. The first-order valence-corrected chi connectivity index (χ1v) is 12.6. The molecule has 3 aliphatic heterocycles. The minimum absolute atomic E-state index is 0.238. The molecule has 8 heteroatoms. The molecule has 184 valence electrons. The van der Waals surface area contributed by atoms with Crippen LogP contribution in [0.15, 0.2) is 24.3 Å². The fraction of sp³-hybridized carbons (Fsp3) is 0.615. The number of aliphatic hydroxyl groups is 1. The summed E-state index contributed by atoms with van der Waals surface area (Å²) in [5, 5.41) is 16.5. The van der Waals surface area contributed by atoms with Crippen LogP contribution in [0.4, 0.5) is 5.82 Å². The highest BCUT2D eigenvalue weighted by molar-refractivity contribution is 5.62. The number of hydrogen-bond donors (Lipinski definition) is 3. The third-order valence-electron chi connectivity index (χ3n) is 7.39. The van der Waals surface area contributed by atoms with Gasteiger partial charge >= 0.3 is 0 Å². The van der Waals surface area contributed by atoms with Crippen molar-refractivity contribution in [2.24, 2.45) is 17.8 Å². The molecule has 3 saturated heterocycles. The van der Waals surface area contributed by atoms with E-state index in [1.807, 2.05) is 31.3 Å². The zero-order chi connectivity index (χ0) is 23.5. The lowest BCUT2D eigenvalue weighted by Gasteiger charge is -2.23. The molecule has 0 amide bonds. The van der Waals surface area contributed by atoms with Crippen molar-refractivity contribution in [1.29, 1.82) is 0 Å². The topological polar surface area (TPSA) is 91.8 Å². The predicted octanol–water partition coefficient (Wildman–Crippen LogP) is 1.65. The van der Waals surface area contributed by atoms with Crippen molar-refractivity contribution < 1.29 is 14.6 Å². The van der Waals surface area contributed by atoms with Crippen molar-refractivity contribution in [3.05, 3.63) is 35.5 Å². The van der Waals surface area contributed by atoms with Crippen LogP contribution in [0.3, 0.4) is 0 Å². The number of nitrogens with one attached hydrogen (secondary N) is 2. The average molecular weight is 468 g/mol. The summed E-state index contributed by atoms with van der Waals surface area (Å²) in [5.41, 5.74) is 3.26. The second-order valence-electron chi connectivity index (χ2n) is 10.0. The molecule has 4 heterocycles. The molecular weight excluding hydrogens is 430 g/mol. The number of hydrogen-bond acceptors (Lipinski definition) is 8. The summed E-state index contributed by atoms with van der Waals surface area (Å²) in [6, 6.07) is 7.90. The molecule has 8 nitrogen and oxygen atoms in total. The molecule has 3 N–H and O–H groups in total. The van der Waals surface area contributed by atoms with E-state index in [4.69, 9.17) is 19.4 Å². The molecule has 2 aromatic rings. The Morgan fingerprint density at radius 1 is 1.26 bits per heavy atom. The van der Waals surface area contributed by atoms with Gasteiger partial charge in [0.05, 0.1) is 0 Å². The lowest BCUT2D eigenvalue weighted by atomic mass is 9.99. The monoisotopic (exact) mass is 467 g/mol. The minimum atomic E-state index is -0.555. The van der Waals surface area contributed by atoms with Crippen LogP contribution in [0.25, 0.3) is 11.4 Å². The fourth-order valence-corrected chi connectivity index (χ4v) is 5.44. The number of likely N-dealkylation sites (N-methyl/N-ethyl adjacent to an activating group) is 1. The molecule has 3 aliphatic rings. The maximum atomic E-state index is 9.99. The summed E-state index contributed by atoms with van der Waals surface area (Å²) in [7, 11) is 1.81. The highest BCUT2D eigenvalue weighted by atomic mass is 16.5. The summed E-state index contributed by atoms with van der Waals surface area (Å²) >= 11 is 0. The number of aromatic nitrogens is 2. The van der Waals surface area contributed by atoms with Crippen molar-refractivity contribution >= 4 is 5.82 Å². The zero-order valence-electron chi connectivity index (χ0n) is 20.3. The Balaban J connectivity index is 1.43. The standard InChI is InChI=1S/C26H37N5O3/c1-17-24(8-18-6-7-33-15-18)29-25(30-26(17)31-13-20-10-28-11-21(20)14-31)19-4-3-5-23(9-19)34-16-22(32)12-27-2/h3-5,9,18,20-22,27-28,32H,6-8,10-16H2,1-2H3/t18-,20-,21+,22?/m0/s1. The third kappa shape index (κ3) is 5.20. The lowest BCUT2D eigenvalue weighted by Crippen LogP contribution is -2.29. The molecule has 34 heavy (non-hydrogen) atoms. The number of nitrogens with zero attached hydrogens (tertiary/aromatic N) is 3. The number of anilines is 1. The average Bonchev–Trinajstić information content (AvgIpc) is 3.58. The van der Waals surface area contributed by atoms with E-state index in [1.54, 1.807) is 0 Å². The summed E-state index contributed by atoms with van der Waals surface area (Å²) in [5.74, 6) is 4.44. The van der Waals surface area contributed by atoms with Gasteiger partial charge in [0.25, 0.3) is 0 Å². The molecule has 1 unspecified atom stereocenters. The van der Waals surface area contributed by atoms with E-state index in [2.05, 4.69) is 22.5 Å². The van der Waals surface area contributed by atoms with Gasteiger partial charge in [-0.15, -0.1) is 0 Å². The Morgan fingerprint density at radius 2 is 2.09 bits per heavy atom. The number of ether oxygens (including phenoxy) is 2. The molecule has 4 atom stereocenters. The summed E-state index contributed by atoms with van der Waals surface area (Å²) < 4.78 is 11.5. The van der Waals surface area contributed by atoms with Crippen LogP contribution >= 0.6 is 0 Å². The molecule has 5 rings (SSSR count). The normalized spacial score (nSPS) is 25.0. The Hall–Kier alpha value is -2.26. The van der Waals surface area contributed by atoms with Crippen LogP contribution in [0.2, 0.25) is 0 Å². The van der Waals surface area contributed by atoms with E-state index in [-0.39, 0.29) is 6.61 Å². The molecule has 0 saturated carbocycles. The summed E-state index contributed by atoms with van der Waals surface area (Å²) in [6.07, 6.45) is 1.45. The van der Waals surface area contributed by atoms with E-state index in [0.717, 1.165) is 75.1 Å². The first kappa shape index (κ1) is 23.5. The van der Waals surface area contributed by atoms with Crippen LogP contribution in [0.1, 0.15) is 17.7 Å². The smallest absolute Gasteiger partial charge is 0.161 e. The molecule has 0 bridgehead atoms. The van der Waals surface area contributed by atoms with Gasteiger partial charge in [-0.3, -0.25) is 0 Å². The van der Waals surface area contributed by atoms with Gasteiger partial charge in [0.2, 0.25) is 0 Å². The number of rotatable bonds is 9. The quantitative estimate of drug-likeness (QED) is 0.513. The van der Waals surface area contributed by atoms with Gasteiger partial charge in [0.1, 0.15) is 24.3 Å². The maximum Gasteiger partial charge on any atom is 0.161 e. The largest absolute Gasteiger partial charge is 0.491 e. The molecule has 0 radical (unpaired) electrons. The van der Waals surface area contributed by atoms with Crippen LogP contribution in [-0.2, 0) is 11.2 Å². The Labute approximate surface area is 202 Å². The lowest BCUT2D eigenvalue weighted by molar-refractivity contribution is 0.108. The van der Waals surface area contributed by atoms with Gasteiger partial charge in [-0.1, -0.05) is 12.1 Å². The van der Waals surface area contributed by atoms with E-state index in [1.165, 1.54) is 5.56 Å². The SMILES string of the molecule is CNCC(O)COc1cccc(-c2nc(C[C@@H]3CCOC3)c(C)c(N3C[C@H]4CNC[C@H]4C3)n2)c1. The van der Waals surface area contributed by atoms with Crippen LogP contribution in [-0.4, -0.2) is 80.8 Å². The van der Waals surface area contributed by atoms with Gasteiger partial charge in [0, 0.05) is 62.8 Å². The van der Waals surface area contributed by atoms with Crippen molar-refractivity contribution in [3.8, 4) is 17.1 Å². The van der Waals surface area contributed by atoms with E-state index in [9.17, 15) is 5.11 Å².